The van der Waals surface area contributed by atoms with Gasteiger partial charge in [0.1, 0.15) is 17.5 Å². The molecular formula is C19H19N5O3. The Kier molecular flexibility index (Phi) is 4.31. The third kappa shape index (κ3) is 3.38. The zero-order chi connectivity index (χ0) is 19.0. The molecule has 0 saturated heterocycles. The summed E-state index contributed by atoms with van der Waals surface area (Å²) in [5.41, 5.74) is 5.41. The largest absolute Gasteiger partial charge is 0.488 e. The zero-order valence-electron chi connectivity index (χ0n) is 15.3. The van der Waals surface area contributed by atoms with Gasteiger partial charge in [-0.15, -0.1) is 0 Å². The zero-order valence-corrected chi connectivity index (χ0v) is 15.3. The van der Waals surface area contributed by atoms with Crippen molar-refractivity contribution >= 4 is 5.91 Å². The fourth-order valence-electron chi connectivity index (χ4n) is 3.12. The van der Waals surface area contributed by atoms with Crippen molar-refractivity contribution in [2.24, 2.45) is 0 Å². The molecule has 0 bridgehead atoms. The minimum Gasteiger partial charge on any atom is -0.488 e. The topological polar surface area (TPSA) is 103 Å². The van der Waals surface area contributed by atoms with Gasteiger partial charge in [-0.3, -0.25) is 9.78 Å². The Morgan fingerprint density at radius 2 is 2.07 bits per heavy atom. The van der Waals surface area contributed by atoms with Crippen molar-refractivity contribution in [3.05, 3.63) is 52.7 Å². The Hall–Kier alpha value is -3.29. The number of nitrogens with zero attached hydrogens (tertiary/aromatic N) is 4. The fraction of sp³-hybridized carbons (Fsp3) is 0.316. The summed E-state index contributed by atoms with van der Waals surface area (Å²) in [7, 11) is 0. The van der Waals surface area contributed by atoms with Crippen LogP contribution in [0.25, 0.3) is 11.3 Å². The summed E-state index contributed by atoms with van der Waals surface area (Å²) in [5.74, 6) is 0.509. The lowest BCUT2D eigenvalue weighted by Gasteiger charge is -2.11. The third-order valence-electron chi connectivity index (χ3n) is 4.51. The molecule has 0 saturated carbocycles. The van der Waals surface area contributed by atoms with Crippen molar-refractivity contribution in [1.82, 2.24) is 25.6 Å². The van der Waals surface area contributed by atoms with Crippen LogP contribution in [-0.4, -0.2) is 38.8 Å². The molecule has 2 aromatic heterocycles. The predicted octanol–water partition coefficient (Wildman–Crippen LogP) is 2.19. The molecule has 1 atom stereocenters. The molecule has 1 N–H and O–H groups in total. The maximum Gasteiger partial charge on any atom is 0.275 e. The molecule has 1 unspecified atom stereocenters. The maximum absolute atomic E-state index is 12.1. The summed E-state index contributed by atoms with van der Waals surface area (Å²) in [6.45, 7) is 5.92. The number of carbonyl (C=O) groups is 1. The molecule has 1 amide bonds. The lowest BCUT2D eigenvalue weighted by Crippen LogP contribution is -2.34. The molecule has 1 aromatic carbocycles. The van der Waals surface area contributed by atoms with E-state index in [1.54, 1.807) is 13.1 Å². The Bertz CT molecular complexity index is 1010. The predicted molar refractivity (Wildman–Crippen MR) is 96.4 cm³/mol. The van der Waals surface area contributed by atoms with Crippen LogP contribution in [0.2, 0.25) is 0 Å². The van der Waals surface area contributed by atoms with Crippen LogP contribution in [0, 0.1) is 20.8 Å². The van der Waals surface area contributed by atoms with E-state index >= 15 is 0 Å². The second kappa shape index (κ2) is 6.79. The van der Waals surface area contributed by atoms with Gasteiger partial charge < -0.3 is 10.1 Å². The van der Waals surface area contributed by atoms with Gasteiger partial charge in [0.2, 0.25) is 0 Å². The van der Waals surface area contributed by atoms with Gasteiger partial charge >= 0.3 is 0 Å². The molecule has 3 heterocycles. The Labute approximate surface area is 155 Å². The van der Waals surface area contributed by atoms with Gasteiger partial charge in [0.15, 0.2) is 5.69 Å². The van der Waals surface area contributed by atoms with Crippen LogP contribution in [0.4, 0.5) is 0 Å². The molecule has 138 valence electrons. The summed E-state index contributed by atoms with van der Waals surface area (Å²) in [6, 6.07) is 6.02. The standard InChI is InChI=1S/C19H19N5O3/c1-10-8-20-11(2)17(22-10)13-4-5-16-14(6-13)7-15(26-16)9-21-19(25)18-12(3)23-27-24-18/h4-6,8,15H,7,9H2,1-3H3,(H,21,25). The first-order valence-electron chi connectivity index (χ1n) is 8.69. The number of benzene rings is 1. The van der Waals surface area contributed by atoms with Crippen molar-refractivity contribution in [2.45, 2.75) is 33.3 Å². The monoisotopic (exact) mass is 365 g/mol. The van der Waals surface area contributed by atoms with E-state index in [0.29, 0.717) is 18.7 Å². The highest BCUT2D eigenvalue weighted by atomic mass is 16.6. The summed E-state index contributed by atoms with van der Waals surface area (Å²) < 4.78 is 10.5. The highest BCUT2D eigenvalue weighted by Gasteiger charge is 2.25. The van der Waals surface area contributed by atoms with Gasteiger partial charge in [-0.05, 0) is 49.7 Å². The number of aromatic nitrogens is 4. The first kappa shape index (κ1) is 17.1. The highest BCUT2D eigenvalue weighted by Crippen LogP contribution is 2.33. The molecule has 0 aliphatic carbocycles. The van der Waals surface area contributed by atoms with E-state index in [1.165, 1.54) is 0 Å². The van der Waals surface area contributed by atoms with Crippen molar-refractivity contribution in [2.75, 3.05) is 6.54 Å². The molecule has 27 heavy (non-hydrogen) atoms. The molecule has 0 radical (unpaired) electrons. The van der Waals surface area contributed by atoms with Gasteiger partial charge in [0.05, 0.1) is 23.6 Å². The number of hydrogen-bond acceptors (Lipinski definition) is 7. The number of fused-ring (bicyclic) bond motifs is 1. The molecule has 0 fully saturated rings. The van der Waals surface area contributed by atoms with E-state index in [-0.39, 0.29) is 17.7 Å². The number of nitrogens with one attached hydrogen (secondary N) is 1. The summed E-state index contributed by atoms with van der Waals surface area (Å²) >= 11 is 0. The minimum absolute atomic E-state index is 0.135. The van der Waals surface area contributed by atoms with Gasteiger partial charge in [0.25, 0.3) is 5.91 Å². The first-order chi connectivity index (χ1) is 13.0. The van der Waals surface area contributed by atoms with Crippen molar-refractivity contribution in [3.8, 4) is 17.0 Å². The van der Waals surface area contributed by atoms with E-state index in [1.807, 2.05) is 26.0 Å². The molecule has 0 spiro atoms. The van der Waals surface area contributed by atoms with Crippen LogP contribution in [0.3, 0.4) is 0 Å². The second-order valence-corrected chi connectivity index (χ2v) is 6.62. The van der Waals surface area contributed by atoms with Crippen LogP contribution in [-0.2, 0) is 6.42 Å². The van der Waals surface area contributed by atoms with Gasteiger partial charge in [-0.1, -0.05) is 5.16 Å². The van der Waals surface area contributed by atoms with Crippen LogP contribution >= 0.6 is 0 Å². The third-order valence-corrected chi connectivity index (χ3v) is 4.51. The Balaban J connectivity index is 1.45. The Morgan fingerprint density at radius 3 is 2.85 bits per heavy atom. The van der Waals surface area contributed by atoms with Crippen molar-refractivity contribution < 1.29 is 14.2 Å². The number of aryl methyl sites for hydroxylation is 3. The average Bonchev–Trinajstić information content (AvgIpc) is 3.26. The van der Waals surface area contributed by atoms with Gasteiger partial charge in [0, 0.05) is 18.2 Å². The smallest absolute Gasteiger partial charge is 0.275 e. The molecule has 1 aliphatic rings. The normalized spacial score (nSPS) is 15.3. The molecule has 8 heteroatoms. The summed E-state index contributed by atoms with van der Waals surface area (Å²) in [4.78, 5) is 21.1. The van der Waals surface area contributed by atoms with Gasteiger partial charge in [-0.25, -0.2) is 9.61 Å². The Morgan fingerprint density at radius 1 is 1.22 bits per heavy atom. The van der Waals surface area contributed by atoms with Gasteiger partial charge in [-0.2, -0.15) is 0 Å². The van der Waals surface area contributed by atoms with E-state index in [0.717, 1.165) is 34.0 Å². The lowest BCUT2D eigenvalue weighted by atomic mass is 10.0. The lowest BCUT2D eigenvalue weighted by molar-refractivity contribution is 0.0923. The first-order valence-corrected chi connectivity index (χ1v) is 8.69. The quantitative estimate of drug-likeness (QED) is 0.756. The average molecular weight is 365 g/mol. The number of rotatable bonds is 4. The maximum atomic E-state index is 12.1. The number of ether oxygens (including phenoxy) is 1. The van der Waals surface area contributed by atoms with Crippen LogP contribution in [0.15, 0.2) is 29.0 Å². The summed E-state index contributed by atoms with van der Waals surface area (Å²) in [6.07, 6.45) is 2.34. The van der Waals surface area contributed by atoms with E-state index in [2.05, 4.69) is 36.3 Å². The SMILES string of the molecule is Cc1cnc(C)c(-c2ccc3c(c2)CC(CNC(=O)c2nonc2C)O3)n1. The summed E-state index contributed by atoms with van der Waals surface area (Å²) in [5, 5.41) is 10.0. The highest BCUT2D eigenvalue weighted by molar-refractivity contribution is 5.92. The molecule has 1 aliphatic heterocycles. The fourth-order valence-corrected chi connectivity index (χ4v) is 3.12. The van der Waals surface area contributed by atoms with Crippen LogP contribution < -0.4 is 10.1 Å². The van der Waals surface area contributed by atoms with E-state index in [9.17, 15) is 4.79 Å². The molecule has 3 aromatic rings. The molecular weight excluding hydrogens is 346 g/mol. The number of amides is 1. The number of carbonyl (C=O) groups excluding carboxylic acids is 1. The molecule has 4 rings (SSSR count). The minimum atomic E-state index is -0.320. The van der Waals surface area contributed by atoms with Crippen molar-refractivity contribution in [3.63, 3.8) is 0 Å². The van der Waals surface area contributed by atoms with Crippen LogP contribution in [0.1, 0.15) is 33.1 Å². The number of hydrogen-bond donors (Lipinski definition) is 1. The van der Waals surface area contributed by atoms with Crippen molar-refractivity contribution in [1.29, 1.82) is 0 Å². The van der Waals surface area contributed by atoms with E-state index < -0.39 is 0 Å². The second-order valence-electron chi connectivity index (χ2n) is 6.62. The van der Waals surface area contributed by atoms with E-state index in [4.69, 9.17) is 4.74 Å². The molecule has 8 nitrogen and oxygen atoms in total. The van der Waals surface area contributed by atoms with Crippen LogP contribution in [0.5, 0.6) is 5.75 Å².